The molecule has 0 heterocycles. The number of amides is 1. The van der Waals surface area contributed by atoms with E-state index in [0.29, 0.717) is 11.3 Å². The lowest BCUT2D eigenvalue weighted by Gasteiger charge is -2.15. The lowest BCUT2D eigenvalue weighted by Crippen LogP contribution is -2.24. The summed E-state index contributed by atoms with van der Waals surface area (Å²) in [7, 11) is 3.48. The summed E-state index contributed by atoms with van der Waals surface area (Å²) in [5.74, 6) is -0.00750. The summed E-state index contributed by atoms with van der Waals surface area (Å²) < 4.78 is 2.76. The maximum Gasteiger partial charge on any atom is 0.255 e. The molecule has 0 spiro atoms. The molecular weight excluding hydrogens is 533 g/mol. The van der Waals surface area contributed by atoms with Gasteiger partial charge in [-0.2, -0.15) is 0 Å². The molecule has 0 aliphatic carbocycles. The van der Waals surface area contributed by atoms with Gasteiger partial charge in [-0.1, -0.05) is 0 Å². The highest BCUT2D eigenvalue weighted by Gasteiger charge is 2.19. The molecule has 1 rings (SSSR count). The fraction of sp³-hybridized carbons (Fsp3) is 0.222. The molecular formula is C9H9I3N2O. The minimum atomic E-state index is -0.00750. The van der Waals surface area contributed by atoms with Gasteiger partial charge in [0.05, 0.1) is 14.8 Å². The highest BCUT2D eigenvalue weighted by molar-refractivity contribution is 14.1. The van der Waals surface area contributed by atoms with Gasteiger partial charge in [0.25, 0.3) is 5.91 Å². The predicted molar refractivity (Wildman–Crippen MR) is 87.0 cm³/mol. The Morgan fingerprint density at radius 3 is 2.27 bits per heavy atom. The molecule has 15 heavy (non-hydrogen) atoms. The van der Waals surface area contributed by atoms with E-state index in [-0.39, 0.29) is 5.91 Å². The zero-order chi connectivity index (χ0) is 11.7. The highest BCUT2D eigenvalue weighted by Crippen LogP contribution is 2.29. The second-order valence-electron chi connectivity index (χ2n) is 3.14. The number of hydrogen-bond acceptors (Lipinski definition) is 2. The van der Waals surface area contributed by atoms with Crippen LogP contribution in [0, 0.1) is 10.7 Å². The smallest absolute Gasteiger partial charge is 0.255 e. The van der Waals surface area contributed by atoms with E-state index in [4.69, 9.17) is 5.73 Å². The topological polar surface area (TPSA) is 46.3 Å². The van der Waals surface area contributed by atoms with Gasteiger partial charge < -0.3 is 10.6 Å². The average Bonchev–Trinajstić information content (AvgIpc) is 2.14. The first-order valence-corrected chi connectivity index (χ1v) is 7.24. The SMILES string of the molecule is CN(C)C(=O)c1c(I)cc(I)c(N)c1I. The van der Waals surface area contributed by atoms with Crippen molar-refractivity contribution in [1.82, 2.24) is 4.90 Å². The van der Waals surface area contributed by atoms with Crippen molar-refractivity contribution in [1.29, 1.82) is 0 Å². The van der Waals surface area contributed by atoms with E-state index in [1.165, 1.54) is 0 Å². The van der Waals surface area contributed by atoms with Crippen LogP contribution in [0.3, 0.4) is 0 Å². The molecule has 0 aliphatic heterocycles. The van der Waals surface area contributed by atoms with Gasteiger partial charge >= 0.3 is 0 Å². The van der Waals surface area contributed by atoms with Gasteiger partial charge in [0, 0.05) is 21.2 Å². The Bertz CT molecular complexity index is 418. The van der Waals surface area contributed by atoms with Crippen LogP contribution in [-0.2, 0) is 0 Å². The van der Waals surface area contributed by atoms with Crippen LogP contribution in [0.25, 0.3) is 0 Å². The number of nitrogens with zero attached hydrogens (tertiary/aromatic N) is 1. The van der Waals surface area contributed by atoms with E-state index < -0.39 is 0 Å². The predicted octanol–water partition coefficient (Wildman–Crippen LogP) is 2.78. The maximum absolute atomic E-state index is 11.9. The van der Waals surface area contributed by atoms with E-state index in [9.17, 15) is 4.79 Å². The molecule has 1 aromatic rings. The Balaban J connectivity index is 3.43. The molecule has 6 heteroatoms. The first-order valence-electron chi connectivity index (χ1n) is 4.01. The lowest BCUT2D eigenvalue weighted by molar-refractivity contribution is 0.0825. The van der Waals surface area contributed by atoms with E-state index in [2.05, 4.69) is 67.8 Å². The van der Waals surface area contributed by atoms with Gasteiger partial charge in [-0.05, 0) is 73.8 Å². The minimum Gasteiger partial charge on any atom is -0.397 e. The molecule has 1 aromatic carbocycles. The van der Waals surface area contributed by atoms with Gasteiger partial charge in [0.1, 0.15) is 0 Å². The number of carbonyl (C=O) groups is 1. The van der Waals surface area contributed by atoms with Gasteiger partial charge in [-0.15, -0.1) is 0 Å². The number of benzene rings is 1. The summed E-state index contributed by atoms with van der Waals surface area (Å²) in [4.78, 5) is 13.5. The minimum absolute atomic E-state index is 0.00750. The van der Waals surface area contributed by atoms with Crippen molar-refractivity contribution in [3.05, 3.63) is 22.3 Å². The van der Waals surface area contributed by atoms with E-state index in [1.807, 2.05) is 6.07 Å². The fourth-order valence-corrected chi connectivity index (χ4v) is 4.86. The van der Waals surface area contributed by atoms with Crippen LogP contribution in [0.1, 0.15) is 10.4 Å². The van der Waals surface area contributed by atoms with Crippen molar-refractivity contribution in [2.45, 2.75) is 0 Å². The molecule has 0 saturated carbocycles. The molecule has 0 atom stereocenters. The molecule has 0 bridgehead atoms. The molecule has 0 saturated heterocycles. The van der Waals surface area contributed by atoms with Crippen molar-refractivity contribution in [3.8, 4) is 0 Å². The van der Waals surface area contributed by atoms with Crippen LogP contribution in [0.2, 0.25) is 0 Å². The Morgan fingerprint density at radius 1 is 1.27 bits per heavy atom. The zero-order valence-corrected chi connectivity index (χ0v) is 14.6. The summed E-state index contributed by atoms with van der Waals surface area (Å²) >= 11 is 6.46. The number of rotatable bonds is 1. The Kier molecular flexibility index (Phi) is 4.89. The van der Waals surface area contributed by atoms with Gasteiger partial charge in [0.2, 0.25) is 0 Å². The monoisotopic (exact) mass is 542 g/mol. The van der Waals surface area contributed by atoms with Crippen LogP contribution in [0.15, 0.2) is 6.07 Å². The van der Waals surface area contributed by atoms with Crippen molar-refractivity contribution in [2.75, 3.05) is 19.8 Å². The molecule has 3 nitrogen and oxygen atoms in total. The quantitative estimate of drug-likeness (QED) is 0.439. The van der Waals surface area contributed by atoms with Crippen LogP contribution >= 0.6 is 67.8 Å². The van der Waals surface area contributed by atoms with Gasteiger partial charge in [0.15, 0.2) is 0 Å². The molecule has 82 valence electrons. The molecule has 0 aliphatic rings. The first-order chi connectivity index (χ1) is 6.86. The van der Waals surface area contributed by atoms with Gasteiger partial charge in [-0.3, -0.25) is 4.79 Å². The van der Waals surface area contributed by atoms with E-state index in [1.54, 1.807) is 19.0 Å². The van der Waals surface area contributed by atoms with Crippen molar-refractivity contribution in [3.63, 3.8) is 0 Å². The van der Waals surface area contributed by atoms with Gasteiger partial charge in [-0.25, -0.2) is 0 Å². The third-order valence-electron chi connectivity index (χ3n) is 1.83. The second-order valence-corrected chi connectivity index (χ2v) is 6.55. The number of nitrogen functional groups attached to an aromatic ring is 1. The third-order valence-corrected chi connectivity index (χ3v) is 4.69. The fourth-order valence-electron chi connectivity index (χ4n) is 1.03. The van der Waals surface area contributed by atoms with E-state index >= 15 is 0 Å². The summed E-state index contributed by atoms with van der Waals surface area (Å²) in [6.07, 6.45) is 0. The van der Waals surface area contributed by atoms with Crippen LogP contribution < -0.4 is 5.73 Å². The zero-order valence-electron chi connectivity index (χ0n) is 8.14. The Labute approximate surface area is 130 Å². The third kappa shape index (κ3) is 2.87. The highest BCUT2D eigenvalue weighted by atomic mass is 127. The first kappa shape index (κ1) is 13.7. The number of carbonyl (C=O) groups excluding carboxylic acids is 1. The molecule has 2 N–H and O–H groups in total. The number of hydrogen-bond donors (Lipinski definition) is 1. The van der Waals surface area contributed by atoms with Crippen molar-refractivity contribution >= 4 is 79.4 Å². The molecule has 0 fully saturated rings. The van der Waals surface area contributed by atoms with Crippen LogP contribution in [-0.4, -0.2) is 24.9 Å². The summed E-state index contributed by atoms with van der Waals surface area (Å²) in [5.41, 5.74) is 7.28. The molecule has 0 radical (unpaired) electrons. The lowest BCUT2D eigenvalue weighted by atomic mass is 10.2. The molecule has 1 amide bonds. The van der Waals surface area contributed by atoms with Crippen LogP contribution in [0.5, 0.6) is 0 Å². The van der Waals surface area contributed by atoms with E-state index in [0.717, 1.165) is 10.7 Å². The molecule has 0 unspecified atom stereocenters. The average molecular weight is 542 g/mol. The standard InChI is InChI=1S/C9H9I3N2O/c1-14(2)9(15)6-4(10)3-5(11)8(13)7(6)12/h3H,13H2,1-2H3. The maximum atomic E-state index is 11.9. The number of nitrogens with two attached hydrogens (primary N) is 1. The summed E-state index contributed by atoms with van der Waals surface area (Å²) in [6, 6.07) is 1.93. The number of halogens is 3. The second kappa shape index (κ2) is 5.34. The van der Waals surface area contributed by atoms with Crippen molar-refractivity contribution in [2.24, 2.45) is 0 Å². The van der Waals surface area contributed by atoms with Crippen molar-refractivity contribution < 1.29 is 4.79 Å². The largest absolute Gasteiger partial charge is 0.397 e. The van der Waals surface area contributed by atoms with Crippen LogP contribution in [0.4, 0.5) is 5.69 Å². The Hall–Kier alpha value is 0.680. The summed E-state index contributed by atoms with van der Waals surface area (Å²) in [6.45, 7) is 0. The molecule has 0 aromatic heterocycles. The normalized spacial score (nSPS) is 10.2. The summed E-state index contributed by atoms with van der Waals surface area (Å²) in [5, 5.41) is 0. The Morgan fingerprint density at radius 2 is 1.80 bits per heavy atom. The number of anilines is 1.